The van der Waals surface area contributed by atoms with E-state index in [0.717, 1.165) is 24.0 Å². The van der Waals surface area contributed by atoms with Crippen molar-refractivity contribution in [2.75, 3.05) is 19.6 Å². The standard InChI is InChI=1S/C13H15BrN2O/c14-11-4-1-7-15-12(11)17-13-5-2-8-16(10-13)9-3-6-13/h1-2,4-5,7H,3,6,8-10H2. The van der Waals surface area contributed by atoms with Crippen molar-refractivity contribution >= 4 is 15.9 Å². The molecule has 2 aliphatic heterocycles. The first-order valence-electron chi connectivity index (χ1n) is 5.97. The van der Waals surface area contributed by atoms with Crippen LogP contribution in [-0.4, -0.2) is 35.1 Å². The number of hydrogen-bond donors (Lipinski definition) is 0. The SMILES string of the molecule is Brc1cccnc1OC12C=CCN(CCC1)C2. The minimum atomic E-state index is -0.173. The van der Waals surface area contributed by atoms with Gasteiger partial charge in [-0.1, -0.05) is 6.08 Å². The van der Waals surface area contributed by atoms with Crippen molar-refractivity contribution in [3.05, 3.63) is 35.0 Å². The number of ether oxygens (including phenoxy) is 1. The van der Waals surface area contributed by atoms with Crippen molar-refractivity contribution in [3.8, 4) is 5.88 Å². The Labute approximate surface area is 110 Å². The number of aromatic nitrogens is 1. The average Bonchev–Trinajstić information content (AvgIpc) is 2.32. The van der Waals surface area contributed by atoms with Crippen molar-refractivity contribution in [2.45, 2.75) is 18.4 Å². The van der Waals surface area contributed by atoms with E-state index in [0.29, 0.717) is 5.88 Å². The number of halogens is 1. The van der Waals surface area contributed by atoms with Crippen LogP contribution >= 0.6 is 15.9 Å². The highest BCUT2D eigenvalue weighted by Crippen LogP contribution is 2.33. The first-order valence-corrected chi connectivity index (χ1v) is 6.76. The van der Waals surface area contributed by atoms with E-state index in [9.17, 15) is 0 Å². The van der Waals surface area contributed by atoms with Crippen molar-refractivity contribution in [1.29, 1.82) is 0 Å². The van der Waals surface area contributed by atoms with Crippen LogP contribution in [0.1, 0.15) is 12.8 Å². The molecule has 1 aromatic rings. The highest BCUT2D eigenvalue weighted by Gasteiger charge is 2.37. The lowest BCUT2D eigenvalue weighted by atomic mass is 9.89. The third-order valence-corrected chi connectivity index (χ3v) is 3.98. The van der Waals surface area contributed by atoms with Gasteiger partial charge in [0.15, 0.2) is 0 Å². The van der Waals surface area contributed by atoms with E-state index < -0.39 is 0 Å². The van der Waals surface area contributed by atoms with Gasteiger partial charge in [-0.05, 0) is 53.5 Å². The van der Waals surface area contributed by atoms with Crippen LogP contribution < -0.4 is 4.74 Å². The lowest BCUT2D eigenvalue weighted by molar-refractivity contribution is 0.0210. The van der Waals surface area contributed by atoms with E-state index in [1.54, 1.807) is 6.20 Å². The molecule has 4 heteroatoms. The van der Waals surface area contributed by atoms with E-state index in [1.807, 2.05) is 12.1 Å². The van der Waals surface area contributed by atoms with Crippen LogP contribution in [0.2, 0.25) is 0 Å². The van der Waals surface area contributed by atoms with Crippen LogP contribution in [0, 0.1) is 0 Å². The topological polar surface area (TPSA) is 25.4 Å². The summed E-state index contributed by atoms with van der Waals surface area (Å²) in [5.74, 6) is 0.695. The molecule has 1 fully saturated rings. The Hall–Kier alpha value is -0.870. The molecule has 0 amide bonds. The number of rotatable bonds is 2. The lowest BCUT2D eigenvalue weighted by Crippen LogP contribution is -2.53. The number of piperidine rings is 1. The number of nitrogens with zero attached hydrogens (tertiary/aromatic N) is 2. The molecule has 0 N–H and O–H groups in total. The second-order valence-electron chi connectivity index (χ2n) is 4.70. The third kappa shape index (κ3) is 2.24. The molecule has 0 spiro atoms. The van der Waals surface area contributed by atoms with E-state index >= 15 is 0 Å². The van der Waals surface area contributed by atoms with Gasteiger partial charge in [-0.2, -0.15) is 0 Å². The summed E-state index contributed by atoms with van der Waals surface area (Å²) in [5, 5.41) is 0. The number of hydrogen-bond acceptors (Lipinski definition) is 3. The van der Waals surface area contributed by atoms with Crippen molar-refractivity contribution in [2.24, 2.45) is 0 Å². The Bertz CT molecular complexity index is 449. The van der Waals surface area contributed by atoms with Gasteiger partial charge < -0.3 is 4.74 Å². The molecule has 2 unspecified atom stereocenters. The summed E-state index contributed by atoms with van der Waals surface area (Å²) >= 11 is 3.48. The fraction of sp³-hybridized carbons (Fsp3) is 0.462. The molecule has 1 aromatic heterocycles. The molecule has 3 nitrogen and oxygen atoms in total. The molecule has 0 aliphatic carbocycles. The molecule has 90 valence electrons. The molecule has 0 aromatic carbocycles. The second kappa shape index (κ2) is 4.42. The summed E-state index contributed by atoms with van der Waals surface area (Å²) < 4.78 is 7.08. The lowest BCUT2D eigenvalue weighted by Gasteiger charge is -2.43. The summed E-state index contributed by atoms with van der Waals surface area (Å²) in [4.78, 5) is 6.72. The van der Waals surface area contributed by atoms with Gasteiger partial charge in [0.05, 0.1) is 4.47 Å². The quantitative estimate of drug-likeness (QED) is 0.784. The Morgan fingerprint density at radius 3 is 3.29 bits per heavy atom. The summed E-state index contributed by atoms with van der Waals surface area (Å²) in [5.41, 5.74) is -0.173. The highest BCUT2D eigenvalue weighted by molar-refractivity contribution is 9.10. The third-order valence-electron chi connectivity index (χ3n) is 3.38. The maximum absolute atomic E-state index is 6.16. The van der Waals surface area contributed by atoms with Crippen LogP contribution in [0.3, 0.4) is 0 Å². The van der Waals surface area contributed by atoms with Crippen LogP contribution in [0.4, 0.5) is 0 Å². The zero-order chi connectivity index (χ0) is 11.7. The van der Waals surface area contributed by atoms with Crippen LogP contribution in [0.15, 0.2) is 35.0 Å². The van der Waals surface area contributed by atoms with E-state index in [2.05, 4.69) is 38.0 Å². The number of pyridine rings is 1. The zero-order valence-corrected chi connectivity index (χ0v) is 11.2. The first-order chi connectivity index (χ1) is 8.27. The van der Waals surface area contributed by atoms with Gasteiger partial charge in [-0.25, -0.2) is 4.98 Å². The van der Waals surface area contributed by atoms with Gasteiger partial charge in [0.2, 0.25) is 5.88 Å². The van der Waals surface area contributed by atoms with E-state index in [4.69, 9.17) is 4.74 Å². The maximum Gasteiger partial charge on any atom is 0.228 e. The van der Waals surface area contributed by atoms with Gasteiger partial charge in [0.1, 0.15) is 5.60 Å². The summed E-state index contributed by atoms with van der Waals surface area (Å²) in [6.07, 6.45) is 8.45. The molecule has 1 saturated heterocycles. The van der Waals surface area contributed by atoms with Gasteiger partial charge in [0, 0.05) is 19.3 Å². The van der Waals surface area contributed by atoms with Gasteiger partial charge in [-0.15, -0.1) is 0 Å². The van der Waals surface area contributed by atoms with Gasteiger partial charge in [0.25, 0.3) is 0 Å². The summed E-state index contributed by atoms with van der Waals surface area (Å²) in [6, 6.07) is 3.87. The Morgan fingerprint density at radius 1 is 1.47 bits per heavy atom. The van der Waals surface area contributed by atoms with Crippen LogP contribution in [-0.2, 0) is 0 Å². The minimum absolute atomic E-state index is 0.173. The largest absolute Gasteiger partial charge is 0.465 e. The van der Waals surface area contributed by atoms with Gasteiger partial charge >= 0.3 is 0 Å². The zero-order valence-electron chi connectivity index (χ0n) is 9.60. The normalized spacial score (nSPS) is 31.2. The number of fused-ring (bicyclic) bond motifs is 2. The Balaban J connectivity index is 1.86. The molecule has 3 rings (SSSR count). The van der Waals surface area contributed by atoms with E-state index in [1.165, 1.54) is 13.0 Å². The predicted molar refractivity (Wildman–Crippen MR) is 70.1 cm³/mol. The molecular weight excluding hydrogens is 280 g/mol. The molecule has 2 atom stereocenters. The summed E-state index contributed by atoms with van der Waals surface area (Å²) in [7, 11) is 0. The molecule has 2 aliphatic rings. The second-order valence-corrected chi connectivity index (χ2v) is 5.55. The van der Waals surface area contributed by atoms with Crippen molar-refractivity contribution < 1.29 is 4.74 Å². The smallest absolute Gasteiger partial charge is 0.228 e. The molecule has 17 heavy (non-hydrogen) atoms. The molecule has 3 heterocycles. The monoisotopic (exact) mass is 294 g/mol. The fourth-order valence-corrected chi connectivity index (χ4v) is 2.94. The first kappa shape index (κ1) is 11.2. The molecule has 2 bridgehead atoms. The molecular formula is C13H15BrN2O. The van der Waals surface area contributed by atoms with Crippen LogP contribution in [0.5, 0.6) is 5.88 Å². The highest BCUT2D eigenvalue weighted by atomic mass is 79.9. The predicted octanol–water partition coefficient (Wildman–Crippen LogP) is 2.63. The Kier molecular flexibility index (Phi) is 2.92. The minimum Gasteiger partial charge on any atom is -0.465 e. The van der Waals surface area contributed by atoms with Crippen LogP contribution in [0.25, 0.3) is 0 Å². The molecule has 0 radical (unpaired) electrons. The molecule has 0 saturated carbocycles. The average molecular weight is 295 g/mol. The Morgan fingerprint density at radius 2 is 2.41 bits per heavy atom. The maximum atomic E-state index is 6.16. The van der Waals surface area contributed by atoms with Crippen molar-refractivity contribution in [1.82, 2.24) is 9.88 Å². The van der Waals surface area contributed by atoms with Gasteiger partial charge in [-0.3, -0.25) is 4.90 Å². The summed E-state index contributed by atoms with van der Waals surface area (Å²) in [6.45, 7) is 3.21. The fourth-order valence-electron chi connectivity index (χ4n) is 2.60. The van der Waals surface area contributed by atoms with Crippen molar-refractivity contribution in [3.63, 3.8) is 0 Å². The van der Waals surface area contributed by atoms with E-state index in [-0.39, 0.29) is 5.60 Å².